The van der Waals surface area contributed by atoms with Crippen molar-refractivity contribution in [2.45, 2.75) is 12.2 Å². The van der Waals surface area contributed by atoms with Crippen LogP contribution in [0, 0.1) is 0 Å². The van der Waals surface area contributed by atoms with E-state index >= 15 is 0 Å². The zero-order valence-corrected chi connectivity index (χ0v) is 5.06. The van der Waals surface area contributed by atoms with Gasteiger partial charge in [-0.05, 0) is 0 Å². The minimum Gasteiger partial charge on any atom is -0.510 e. The second-order valence-electron chi connectivity index (χ2n) is 1.72. The molecule has 0 saturated heterocycles. The van der Waals surface area contributed by atoms with Crippen molar-refractivity contribution in [1.29, 1.82) is 0 Å². The van der Waals surface area contributed by atoms with Gasteiger partial charge in [-0.15, -0.1) is 0 Å². The topological polar surface area (TPSA) is 98.0 Å². The summed E-state index contributed by atoms with van der Waals surface area (Å²) in [7, 11) is 0. The van der Waals surface area contributed by atoms with Gasteiger partial charge in [0.05, 0.1) is 0 Å². The molecule has 0 aromatic heterocycles. The fraction of sp³-hybridized carbons (Fsp3) is 0.400. The molecular formula is C5H8O5. The number of aliphatic hydroxyl groups excluding tert-OH is 3. The van der Waals surface area contributed by atoms with Crippen molar-refractivity contribution in [3.63, 3.8) is 0 Å². The molecule has 0 spiro atoms. The highest BCUT2D eigenvalue weighted by molar-refractivity contribution is 5.73. The summed E-state index contributed by atoms with van der Waals surface area (Å²) >= 11 is 0. The van der Waals surface area contributed by atoms with Gasteiger partial charge in [-0.1, -0.05) is 6.58 Å². The maximum Gasteiger partial charge on any atom is 0.335 e. The van der Waals surface area contributed by atoms with E-state index in [9.17, 15) is 4.79 Å². The fourth-order valence-corrected chi connectivity index (χ4v) is 0.317. The van der Waals surface area contributed by atoms with Gasteiger partial charge in [-0.25, -0.2) is 4.79 Å². The van der Waals surface area contributed by atoms with Crippen LogP contribution in [0.15, 0.2) is 12.3 Å². The van der Waals surface area contributed by atoms with Crippen LogP contribution in [0.2, 0.25) is 0 Å². The predicted octanol–water partition coefficient (Wildman–Crippen LogP) is -1.14. The lowest BCUT2D eigenvalue weighted by Gasteiger charge is -2.11. The highest BCUT2D eigenvalue weighted by Gasteiger charge is 2.25. The number of carboxylic acids is 1. The minimum absolute atomic E-state index is 0.769. The summed E-state index contributed by atoms with van der Waals surface area (Å²) in [4.78, 5) is 9.88. The summed E-state index contributed by atoms with van der Waals surface area (Å²) < 4.78 is 0. The number of aliphatic hydroxyl groups is 3. The second-order valence-corrected chi connectivity index (χ2v) is 1.72. The molecule has 2 atom stereocenters. The lowest BCUT2D eigenvalue weighted by Crippen LogP contribution is -2.34. The van der Waals surface area contributed by atoms with E-state index in [0.29, 0.717) is 0 Å². The third kappa shape index (κ3) is 2.04. The summed E-state index contributed by atoms with van der Waals surface area (Å²) in [6.07, 6.45) is -3.84. The van der Waals surface area contributed by atoms with E-state index in [4.69, 9.17) is 20.4 Å². The molecule has 0 aliphatic heterocycles. The smallest absolute Gasteiger partial charge is 0.335 e. The van der Waals surface area contributed by atoms with Gasteiger partial charge in [-0.3, -0.25) is 0 Å². The van der Waals surface area contributed by atoms with Gasteiger partial charge < -0.3 is 20.4 Å². The molecule has 0 amide bonds. The summed E-state index contributed by atoms with van der Waals surface area (Å²) in [5.74, 6) is -2.38. The second kappa shape index (κ2) is 3.19. The Morgan fingerprint density at radius 1 is 1.20 bits per heavy atom. The van der Waals surface area contributed by atoms with Gasteiger partial charge >= 0.3 is 5.97 Å². The molecule has 0 saturated carbocycles. The van der Waals surface area contributed by atoms with E-state index < -0.39 is 23.9 Å². The van der Waals surface area contributed by atoms with E-state index in [-0.39, 0.29) is 0 Å². The van der Waals surface area contributed by atoms with E-state index in [1.54, 1.807) is 0 Å². The molecule has 0 fully saturated rings. The number of hydrogen-bond acceptors (Lipinski definition) is 4. The van der Waals surface area contributed by atoms with Crippen LogP contribution in [-0.4, -0.2) is 38.6 Å². The van der Waals surface area contributed by atoms with Crippen LogP contribution in [-0.2, 0) is 4.79 Å². The molecule has 5 nitrogen and oxygen atoms in total. The van der Waals surface area contributed by atoms with E-state index in [0.717, 1.165) is 0 Å². The zero-order valence-electron chi connectivity index (χ0n) is 5.06. The first-order valence-corrected chi connectivity index (χ1v) is 2.43. The van der Waals surface area contributed by atoms with Crippen LogP contribution in [0.4, 0.5) is 0 Å². The molecule has 58 valence electrons. The highest BCUT2D eigenvalue weighted by Crippen LogP contribution is 2.00. The maximum atomic E-state index is 9.88. The largest absolute Gasteiger partial charge is 0.510 e. The van der Waals surface area contributed by atoms with Gasteiger partial charge in [0.2, 0.25) is 0 Å². The van der Waals surface area contributed by atoms with Crippen LogP contribution in [0.25, 0.3) is 0 Å². The first kappa shape index (κ1) is 8.93. The standard InChI is InChI=1S/C5H8O5/c1-2(6)3(7)4(8)5(9)10/h3-4,6-8H,1H2,(H,9,10)/t3-,4+/m0/s1. The van der Waals surface area contributed by atoms with Crippen molar-refractivity contribution in [1.82, 2.24) is 0 Å². The molecule has 0 aliphatic rings. The van der Waals surface area contributed by atoms with Gasteiger partial charge in [0.25, 0.3) is 0 Å². The van der Waals surface area contributed by atoms with Gasteiger partial charge in [0, 0.05) is 0 Å². The molecule has 0 aromatic carbocycles. The Labute approximate surface area is 56.8 Å². The molecule has 0 bridgehead atoms. The average molecular weight is 148 g/mol. The van der Waals surface area contributed by atoms with Crippen molar-refractivity contribution in [3.8, 4) is 0 Å². The summed E-state index contributed by atoms with van der Waals surface area (Å²) in [5, 5.41) is 33.5. The normalized spacial score (nSPS) is 15.8. The lowest BCUT2D eigenvalue weighted by atomic mass is 10.2. The Morgan fingerprint density at radius 3 is 1.70 bits per heavy atom. The van der Waals surface area contributed by atoms with Crippen molar-refractivity contribution in [2.24, 2.45) is 0 Å². The van der Waals surface area contributed by atoms with Crippen molar-refractivity contribution >= 4 is 5.97 Å². The lowest BCUT2D eigenvalue weighted by molar-refractivity contribution is -0.152. The fourth-order valence-electron chi connectivity index (χ4n) is 0.317. The maximum absolute atomic E-state index is 9.88. The number of carbonyl (C=O) groups is 1. The van der Waals surface area contributed by atoms with Crippen LogP contribution >= 0.6 is 0 Å². The molecule has 5 heteroatoms. The molecule has 0 radical (unpaired) electrons. The van der Waals surface area contributed by atoms with Crippen molar-refractivity contribution in [2.75, 3.05) is 0 Å². The SMILES string of the molecule is C=C(O)[C@H](O)[C@@H](O)C(=O)O. The Hall–Kier alpha value is -1.07. The average Bonchev–Trinajstić information content (AvgIpc) is 1.84. The third-order valence-corrected chi connectivity index (χ3v) is 0.893. The predicted molar refractivity (Wildman–Crippen MR) is 31.4 cm³/mol. The third-order valence-electron chi connectivity index (χ3n) is 0.893. The van der Waals surface area contributed by atoms with Gasteiger partial charge in [0.1, 0.15) is 11.9 Å². The summed E-state index contributed by atoms with van der Waals surface area (Å²) in [5.41, 5.74) is 0. The first-order valence-electron chi connectivity index (χ1n) is 2.43. The number of carboxylic acid groups (broad SMARTS) is 1. The van der Waals surface area contributed by atoms with E-state index in [1.165, 1.54) is 0 Å². The Balaban J connectivity index is 4.07. The molecule has 0 rings (SSSR count). The minimum atomic E-state index is -2.02. The Kier molecular flexibility index (Phi) is 2.85. The molecule has 4 N–H and O–H groups in total. The quantitative estimate of drug-likeness (QED) is 0.379. The molecule has 0 aliphatic carbocycles. The van der Waals surface area contributed by atoms with Crippen LogP contribution in [0.5, 0.6) is 0 Å². The molecule has 0 aromatic rings. The highest BCUT2D eigenvalue weighted by atomic mass is 16.4. The van der Waals surface area contributed by atoms with Crippen molar-refractivity contribution < 1.29 is 25.2 Å². The number of rotatable bonds is 3. The van der Waals surface area contributed by atoms with Gasteiger partial charge in [-0.2, -0.15) is 0 Å². The summed E-state index contributed by atoms with van der Waals surface area (Å²) in [6, 6.07) is 0. The molecule has 0 heterocycles. The zero-order chi connectivity index (χ0) is 8.31. The van der Waals surface area contributed by atoms with E-state index in [1.807, 2.05) is 0 Å². The monoisotopic (exact) mass is 148 g/mol. The molecule has 0 unspecified atom stereocenters. The molecule has 10 heavy (non-hydrogen) atoms. The van der Waals surface area contributed by atoms with E-state index in [2.05, 4.69) is 6.58 Å². The van der Waals surface area contributed by atoms with Crippen LogP contribution in [0.3, 0.4) is 0 Å². The van der Waals surface area contributed by atoms with Crippen molar-refractivity contribution in [3.05, 3.63) is 12.3 Å². The van der Waals surface area contributed by atoms with Crippen LogP contribution in [0.1, 0.15) is 0 Å². The summed E-state index contributed by atoms with van der Waals surface area (Å²) in [6.45, 7) is 2.84. The van der Waals surface area contributed by atoms with Crippen LogP contribution < -0.4 is 0 Å². The Morgan fingerprint density at radius 2 is 1.60 bits per heavy atom. The van der Waals surface area contributed by atoms with Gasteiger partial charge in [0.15, 0.2) is 6.10 Å². The number of hydrogen-bond donors (Lipinski definition) is 4. The number of aliphatic carboxylic acids is 1. The Bertz CT molecular complexity index is 134. The molecular weight excluding hydrogens is 140 g/mol. The first-order chi connectivity index (χ1) is 4.46.